The Bertz CT molecular complexity index is 3100. The zero-order chi connectivity index (χ0) is 49.8. The molecular weight excluding hydrogens is 861 g/mol. The fourth-order valence-electron chi connectivity index (χ4n) is 9.51. The summed E-state index contributed by atoms with van der Waals surface area (Å²) in [7, 11) is 3.78. The van der Waals surface area contributed by atoms with Crippen molar-refractivity contribution < 1.29 is 19.1 Å². The van der Waals surface area contributed by atoms with Gasteiger partial charge in [0.25, 0.3) is 11.8 Å². The summed E-state index contributed by atoms with van der Waals surface area (Å²) in [4.78, 5) is 33.2. The van der Waals surface area contributed by atoms with Crippen LogP contribution in [0.2, 0.25) is 0 Å². The Morgan fingerprint density at radius 2 is 0.729 bits per heavy atom. The fourth-order valence-corrected chi connectivity index (χ4v) is 9.51. The largest absolute Gasteiger partial charge is 0.372 e. The molecule has 0 heterocycles. The van der Waals surface area contributed by atoms with Gasteiger partial charge in [-0.15, -0.1) is 0 Å². The number of ether oxygens (including phenoxy) is 2. The van der Waals surface area contributed by atoms with Crippen LogP contribution in [-0.4, -0.2) is 35.7 Å². The van der Waals surface area contributed by atoms with E-state index >= 15 is 0 Å². The maximum Gasteiger partial charge on any atom is 0.255 e. The molecule has 0 radical (unpaired) electrons. The molecule has 0 saturated heterocycles. The predicted octanol–water partition coefficient (Wildman–Crippen LogP) is 15.6. The summed E-state index contributed by atoms with van der Waals surface area (Å²) in [6.45, 7) is 17.3. The summed E-state index contributed by atoms with van der Waals surface area (Å²) in [5.41, 5.74) is 8.77. The minimum absolute atomic E-state index is 0.0401. The van der Waals surface area contributed by atoms with Gasteiger partial charge >= 0.3 is 0 Å². The Morgan fingerprint density at radius 1 is 0.400 bits per heavy atom. The minimum Gasteiger partial charge on any atom is -0.372 e. The summed E-state index contributed by atoms with van der Waals surface area (Å²) in [5.74, 6) is -0.0826. The second-order valence-electron chi connectivity index (χ2n) is 18.4. The maximum absolute atomic E-state index is 14.8. The van der Waals surface area contributed by atoms with Crippen LogP contribution in [0.5, 0.6) is 0 Å². The second kappa shape index (κ2) is 23.5. The van der Waals surface area contributed by atoms with E-state index in [1.54, 1.807) is 0 Å². The quantitative estimate of drug-likeness (QED) is 0.102. The summed E-state index contributed by atoms with van der Waals surface area (Å²) in [5, 5.41) is 7.72. The van der Waals surface area contributed by atoms with E-state index in [1.807, 2.05) is 137 Å². The molecule has 0 bridgehead atoms. The highest BCUT2D eigenvalue weighted by Gasteiger charge is 2.26. The number of benzene rings is 9. The zero-order valence-electron chi connectivity index (χ0n) is 42.5. The molecule has 70 heavy (non-hydrogen) atoms. The number of carbonyl (C=O) groups is 2. The molecule has 9 aromatic rings. The van der Waals surface area contributed by atoms with Crippen LogP contribution in [0.15, 0.2) is 176 Å². The van der Waals surface area contributed by atoms with Crippen LogP contribution in [0, 0.1) is 0 Å². The molecule has 0 unspecified atom stereocenters. The number of nitrogens with zero attached hydrogens (tertiary/aromatic N) is 2. The molecule has 0 aliphatic heterocycles. The van der Waals surface area contributed by atoms with E-state index in [4.69, 9.17) is 9.47 Å². The molecule has 0 saturated carbocycles. The summed E-state index contributed by atoms with van der Waals surface area (Å²) >= 11 is 0. The van der Waals surface area contributed by atoms with Gasteiger partial charge in [-0.25, -0.2) is 0 Å². The summed E-state index contributed by atoms with van der Waals surface area (Å²) in [6, 6.07) is 59.6. The number of fused-ring (bicyclic) bond motifs is 4. The molecule has 9 rings (SSSR count). The smallest absolute Gasteiger partial charge is 0.255 e. The minimum atomic E-state index is -0.233. The van der Waals surface area contributed by atoms with Crippen molar-refractivity contribution in [2.24, 2.45) is 0 Å². The van der Waals surface area contributed by atoms with Gasteiger partial charge in [0, 0.05) is 27.2 Å². The molecule has 0 N–H and O–H groups in total. The Kier molecular flexibility index (Phi) is 17.0. The molecule has 6 nitrogen and oxygen atoms in total. The van der Waals surface area contributed by atoms with Crippen LogP contribution in [0.1, 0.15) is 108 Å². The number of hydrogen-bond donors (Lipinski definition) is 0. The average molecular weight is 929 g/mol. The predicted molar refractivity (Wildman–Crippen MR) is 292 cm³/mol. The van der Waals surface area contributed by atoms with Gasteiger partial charge in [0.05, 0.1) is 37.6 Å². The molecule has 0 aliphatic carbocycles. The summed E-state index contributed by atoms with van der Waals surface area (Å²) < 4.78 is 12.6. The summed E-state index contributed by atoms with van der Waals surface area (Å²) in [6.07, 6.45) is 0. The van der Waals surface area contributed by atoms with E-state index in [0.29, 0.717) is 50.6 Å². The fraction of sp³-hybridized carbons (Fsp3) is 0.250. The van der Waals surface area contributed by atoms with Gasteiger partial charge in [-0.2, -0.15) is 0 Å². The van der Waals surface area contributed by atoms with Gasteiger partial charge in [-0.3, -0.25) is 9.59 Å². The molecule has 9 aromatic carbocycles. The molecule has 358 valence electrons. The first-order valence-corrected chi connectivity index (χ1v) is 24.8. The molecule has 0 atom stereocenters. The van der Waals surface area contributed by atoms with Crippen molar-refractivity contribution in [2.75, 3.05) is 14.1 Å². The lowest BCUT2D eigenvalue weighted by molar-refractivity contribution is 0.0780. The Morgan fingerprint density at radius 3 is 1.09 bits per heavy atom. The van der Waals surface area contributed by atoms with Gasteiger partial charge in [0.1, 0.15) is 0 Å². The van der Waals surface area contributed by atoms with Crippen molar-refractivity contribution in [1.29, 1.82) is 0 Å². The van der Waals surface area contributed by atoms with Gasteiger partial charge < -0.3 is 19.3 Å². The van der Waals surface area contributed by atoms with Crippen molar-refractivity contribution in [3.8, 4) is 0 Å². The Labute approximate surface area is 415 Å². The van der Waals surface area contributed by atoms with Crippen LogP contribution in [-0.2, 0) is 54.4 Å². The van der Waals surface area contributed by atoms with Crippen molar-refractivity contribution in [1.82, 2.24) is 9.80 Å². The Hall–Kier alpha value is -7.12. The van der Waals surface area contributed by atoms with E-state index in [9.17, 15) is 9.59 Å². The first-order valence-electron chi connectivity index (χ1n) is 24.8. The lowest BCUT2D eigenvalue weighted by atomic mass is 9.82. The standard InChI is InChI=1S/C60H56N2O4.2C2H6/c1-60(2,3)55-34-43(35-61(4)58(63)56-49-28-16-12-24-45(49)53(46-25-13-17-29-50(46)56)39-65-37-41-20-8-6-9-21-41)32-33-44(55)36-62(5)59(64)57-51-30-18-14-26-47(51)54(48-27-15-19-31-52(48)57)40-66-38-42-22-10-7-11-23-42;2*1-2/h6-34H,35-40H2,1-5H3;2*1-2H3. The third-order valence-electron chi connectivity index (χ3n) is 12.7. The van der Waals surface area contributed by atoms with E-state index in [2.05, 4.69) is 112 Å². The molecule has 6 heteroatoms. The highest BCUT2D eigenvalue weighted by Crippen LogP contribution is 2.37. The third-order valence-corrected chi connectivity index (χ3v) is 12.7. The normalized spacial score (nSPS) is 11.2. The first kappa shape index (κ1) is 50.7. The van der Waals surface area contributed by atoms with E-state index < -0.39 is 0 Å². The molecule has 0 fully saturated rings. The average Bonchev–Trinajstić information content (AvgIpc) is 3.39. The lowest BCUT2D eigenvalue weighted by Crippen LogP contribution is -2.29. The highest BCUT2D eigenvalue weighted by molar-refractivity contribution is 6.20. The number of rotatable bonds is 14. The third kappa shape index (κ3) is 11.2. The molecule has 0 spiro atoms. The van der Waals surface area contributed by atoms with Crippen LogP contribution in [0.4, 0.5) is 0 Å². The van der Waals surface area contributed by atoms with Gasteiger partial charge in [0.15, 0.2) is 0 Å². The molecule has 0 aromatic heterocycles. The van der Waals surface area contributed by atoms with Gasteiger partial charge in [-0.1, -0.05) is 224 Å². The SMILES string of the molecule is CC.CC.CN(Cc1ccc(CN(C)C(=O)c2c3ccccc3c(COCc3ccccc3)c3ccccc23)c(C(C)(C)C)c1)C(=O)c1c2ccccc2c(COCc2ccccc2)c2ccccc12. The van der Waals surface area contributed by atoms with Crippen LogP contribution in [0.25, 0.3) is 43.1 Å². The van der Waals surface area contributed by atoms with Gasteiger partial charge in [-0.05, 0) is 87.4 Å². The number of hydrogen-bond acceptors (Lipinski definition) is 4. The molecule has 2 amide bonds. The van der Waals surface area contributed by atoms with E-state index in [0.717, 1.165) is 82.0 Å². The van der Waals surface area contributed by atoms with E-state index in [-0.39, 0.29) is 17.2 Å². The number of carbonyl (C=O) groups excluding carboxylic acids is 2. The van der Waals surface area contributed by atoms with Crippen LogP contribution >= 0.6 is 0 Å². The van der Waals surface area contributed by atoms with Crippen molar-refractivity contribution in [2.45, 2.75) is 93.4 Å². The van der Waals surface area contributed by atoms with Crippen LogP contribution < -0.4 is 0 Å². The van der Waals surface area contributed by atoms with Crippen molar-refractivity contribution in [3.63, 3.8) is 0 Å². The van der Waals surface area contributed by atoms with E-state index in [1.165, 1.54) is 0 Å². The van der Waals surface area contributed by atoms with Crippen molar-refractivity contribution >= 4 is 54.9 Å². The Balaban J connectivity index is 0.00000176. The van der Waals surface area contributed by atoms with Crippen molar-refractivity contribution in [3.05, 3.63) is 226 Å². The van der Waals surface area contributed by atoms with Gasteiger partial charge in [0.2, 0.25) is 0 Å². The van der Waals surface area contributed by atoms with Crippen LogP contribution in [0.3, 0.4) is 0 Å². The first-order chi connectivity index (χ1) is 34.1. The monoisotopic (exact) mass is 929 g/mol. The zero-order valence-corrected chi connectivity index (χ0v) is 42.5. The molecular formula is C64H68N2O4. The lowest BCUT2D eigenvalue weighted by Gasteiger charge is -2.28. The maximum atomic E-state index is 14.8. The topological polar surface area (TPSA) is 59.1 Å². The second-order valence-corrected chi connectivity index (χ2v) is 18.4. The highest BCUT2D eigenvalue weighted by atomic mass is 16.5. The molecule has 0 aliphatic rings. The number of amides is 2.